The lowest BCUT2D eigenvalue weighted by molar-refractivity contribution is 0.0636. The summed E-state index contributed by atoms with van der Waals surface area (Å²) < 4.78 is 18.8. The Balaban J connectivity index is 2.15. The predicted molar refractivity (Wildman–Crippen MR) is 90.4 cm³/mol. The van der Waals surface area contributed by atoms with Crippen molar-refractivity contribution in [2.75, 3.05) is 10.6 Å². The van der Waals surface area contributed by atoms with Gasteiger partial charge < -0.3 is 10.1 Å². The molecule has 1 unspecified atom stereocenters. The van der Waals surface area contributed by atoms with Crippen LogP contribution in [0.5, 0.6) is 0 Å². The molecule has 0 aliphatic carbocycles. The molecule has 0 aliphatic heterocycles. The molecule has 1 heterocycles. The number of aromatic nitrogens is 1. The lowest BCUT2D eigenvalue weighted by Gasteiger charge is -2.21. The first kappa shape index (κ1) is 17.2. The lowest BCUT2D eigenvalue weighted by Crippen LogP contribution is -2.27. The van der Waals surface area contributed by atoms with Crippen LogP contribution in [0, 0.1) is 5.82 Å². The molecule has 0 fully saturated rings. The number of thiazole rings is 1. The number of ether oxygens (including phenoxy) is 1. The molecular weight excluding hydrogens is 317 g/mol. The largest absolute Gasteiger partial charge is 0.444 e. The number of hydrogen-bond acceptors (Lipinski definition) is 5. The quantitative estimate of drug-likeness (QED) is 0.841. The summed E-state index contributed by atoms with van der Waals surface area (Å²) in [7, 11) is 0. The summed E-state index contributed by atoms with van der Waals surface area (Å²) in [6.07, 6.45) is 1.17. The highest BCUT2D eigenvalue weighted by Gasteiger charge is 2.18. The molecule has 0 aliphatic rings. The third-order valence-electron chi connectivity index (χ3n) is 2.87. The van der Waals surface area contributed by atoms with Gasteiger partial charge in [-0.05, 0) is 45.9 Å². The van der Waals surface area contributed by atoms with E-state index in [1.807, 2.05) is 6.92 Å². The van der Waals surface area contributed by atoms with E-state index in [0.717, 1.165) is 4.88 Å². The standard InChI is InChI=1S/C16H20FN3O2S/c1-10(14-8-18-9-23-14)19-13-7-11(17)5-6-12(13)20-15(21)22-16(2,3)4/h5-10,19H,1-4H3,(H,20,21). The number of amides is 1. The Morgan fingerprint density at radius 3 is 2.70 bits per heavy atom. The second kappa shape index (κ2) is 6.95. The molecule has 0 bridgehead atoms. The minimum Gasteiger partial charge on any atom is -0.444 e. The summed E-state index contributed by atoms with van der Waals surface area (Å²) in [6, 6.07) is 4.06. The van der Waals surface area contributed by atoms with Crippen molar-refractivity contribution in [1.29, 1.82) is 0 Å². The van der Waals surface area contributed by atoms with Gasteiger partial charge in [0.05, 0.1) is 22.9 Å². The first-order valence-electron chi connectivity index (χ1n) is 7.19. The van der Waals surface area contributed by atoms with Crippen molar-refractivity contribution >= 4 is 28.8 Å². The number of carbonyl (C=O) groups is 1. The molecule has 0 saturated heterocycles. The molecule has 2 N–H and O–H groups in total. The molecule has 124 valence electrons. The highest BCUT2D eigenvalue weighted by molar-refractivity contribution is 7.09. The first-order chi connectivity index (χ1) is 10.7. The van der Waals surface area contributed by atoms with Crippen LogP contribution in [-0.4, -0.2) is 16.7 Å². The van der Waals surface area contributed by atoms with Crippen LogP contribution in [0.1, 0.15) is 38.6 Å². The van der Waals surface area contributed by atoms with E-state index in [4.69, 9.17) is 4.74 Å². The zero-order chi connectivity index (χ0) is 17.0. The van der Waals surface area contributed by atoms with Crippen molar-refractivity contribution in [3.05, 3.63) is 40.6 Å². The summed E-state index contributed by atoms with van der Waals surface area (Å²) in [6.45, 7) is 7.28. The fourth-order valence-electron chi connectivity index (χ4n) is 1.90. The lowest BCUT2D eigenvalue weighted by atomic mass is 10.2. The molecule has 2 rings (SSSR count). The first-order valence-corrected chi connectivity index (χ1v) is 8.07. The Morgan fingerprint density at radius 1 is 1.35 bits per heavy atom. The zero-order valence-electron chi connectivity index (χ0n) is 13.5. The Hall–Kier alpha value is -2.15. The van der Waals surface area contributed by atoms with Gasteiger partial charge in [-0.1, -0.05) is 0 Å². The van der Waals surface area contributed by atoms with E-state index in [9.17, 15) is 9.18 Å². The number of carbonyl (C=O) groups excluding carboxylic acids is 1. The molecule has 0 radical (unpaired) electrons. The Kier molecular flexibility index (Phi) is 5.20. The van der Waals surface area contributed by atoms with Crippen LogP contribution in [0.25, 0.3) is 0 Å². The maximum atomic E-state index is 13.6. The van der Waals surface area contributed by atoms with Crippen molar-refractivity contribution in [3.8, 4) is 0 Å². The van der Waals surface area contributed by atoms with Crippen molar-refractivity contribution < 1.29 is 13.9 Å². The smallest absolute Gasteiger partial charge is 0.412 e. The van der Waals surface area contributed by atoms with Crippen LogP contribution in [-0.2, 0) is 4.74 Å². The van der Waals surface area contributed by atoms with Gasteiger partial charge in [-0.25, -0.2) is 9.18 Å². The number of halogens is 1. The predicted octanol–water partition coefficient (Wildman–Crippen LogP) is 4.80. The summed E-state index contributed by atoms with van der Waals surface area (Å²) in [5, 5.41) is 5.82. The minimum atomic E-state index is -0.604. The summed E-state index contributed by atoms with van der Waals surface area (Å²) in [5.74, 6) is -0.390. The molecule has 1 atom stereocenters. The third-order valence-corrected chi connectivity index (χ3v) is 3.83. The molecule has 2 aromatic rings. The molecule has 23 heavy (non-hydrogen) atoms. The molecule has 7 heteroatoms. The van der Waals surface area contributed by atoms with Crippen LogP contribution in [0.4, 0.5) is 20.6 Å². The highest BCUT2D eigenvalue weighted by atomic mass is 32.1. The second-order valence-corrected chi connectivity index (χ2v) is 7.00. The van der Waals surface area contributed by atoms with Gasteiger partial charge in [0.1, 0.15) is 11.4 Å². The second-order valence-electron chi connectivity index (χ2n) is 6.09. The van der Waals surface area contributed by atoms with E-state index in [1.165, 1.54) is 29.5 Å². The monoisotopic (exact) mass is 337 g/mol. The molecule has 0 spiro atoms. The van der Waals surface area contributed by atoms with E-state index < -0.39 is 17.5 Å². The van der Waals surface area contributed by atoms with Gasteiger partial charge >= 0.3 is 6.09 Å². The van der Waals surface area contributed by atoms with E-state index in [1.54, 1.807) is 32.5 Å². The zero-order valence-corrected chi connectivity index (χ0v) is 14.3. The van der Waals surface area contributed by atoms with Crippen LogP contribution in [0.3, 0.4) is 0 Å². The molecular formula is C16H20FN3O2S. The van der Waals surface area contributed by atoms with Crippen LogP contribution < -0.4 is 10.6 Å². The number of rotatable bonds is 4. The van der Waals surface area contributed by atoms with Gasteiger partial charge in [0, 0.05) is 11.1 Å². The topological polar surface area (TPSA) is 63.2 Å². The summed E-state index contributed by atoms with van der Waals surface area (Å²) >= 11 is 1.50. The number of anilines is 2. The average molecular weight is 337 g/mol. The van der Waals surface area contributed by atoms with Gasteiger partial charge in [-0.3, -0.25) is 10.3 Å². The van der Waals surface area contributed by atoms with Crippen LogP contribution >= 0.6 is 11.3 Å². The molecule has 1 aromatic heterocycles. The van der Waals surface area contributed by atoms with Crippen molar-refractivity contribution in [2.24, 2.45) is 0 Å². The Labute approximate surface area is 138 Å². The van der Waals surface area contributed by atoms with Gasteiger partial charge in [-0.2, -0.15) is 0 Å². The van der Waals surface area contributed by atoms with E-state index in [-0.39, 0.29) is 6.04 Å². The average Bonchev–Trinajstić information content (AvgIpc) is 2.93. The van der Waals surface area contributed by atoms with Gasteiger partial charge in [0.15, 0.2) is 0 Å². The SMILES string of the molecule is CC(Nc1cc(F)ccc1NC(=O)OC(C)(C)C)c1cncs1. The molecule has 5 nitrogen and oxygen atoms in total. The maximum absolute atomic E-state index is 13.6. The maximum Gasteiger partial charge on any atom is 0.412 e. The molecule has 1 amide bonds. The molecule has 1 aromatic carbocycles. The van der Waals surface area contributed by atoms with Gasteiger partial charge in [-0.15, -0.1) is 11.3 Å². The summed E-state index contributed by atoms with van der Waals surface area (Å²) in [4.78, 5) is 17.0. The van der Waals surface area contributed by atoms with Crippen LogP contribution in [0.2, 0.25) is 0 Å². The van der Waals surface area contributed by atoms with Crippen LogP contribution in [0.15, 0.2) is 29.9 Å². The number of nitrogens with one attached hydrogen (secondary N) is 2. The number of benzene rings is 1. The van der Waals surface area contributed by atoms with E-state index in [0.29, 0.717) is 11.4 Å². The number of hydrogen-bond donors (Lipinski definition) is 2. The Morgan fingerprint density at radius 2 is 2.09 bits per heavy atom. The summed E-state index contributed by atoms with van der Waals surface area (Å²) in [5.41, 5.74) is 2.07. The molecule has 0 saturated carbocycles. The van der Waals surface area contributed by atoms with Gasteiger partial charge in [0.2, 0.25) is 0 Å². The minimum absolute atomic E-state index is 0.0662. The van der Waals surface area contributed by atoms with Crippen molar-refractivity contribution in [2.45, 2.75) is 39.3 Å². The fraction of sp³-hybridized carbons (Fsp3) is 0.375. The number of nitrogens with zero attached hydrogens (tertiary/aromatic N) is 1. The van der Waals surface area contributed by atoms with E-state index in [2.05, 4.69) is 15.6 Å². The van der Waals surface area contributed by atoms with Gasteiger partial charge in [0.25, 0.3) is 0 Å². The van der Waals surface area contributed by atoms with Crippen molar-refractivity contribution in [1.82, 2.24) is 4.98 Å². The van der Waals surface area contributed by atoms with Crippen molar-refractivity contribution in [3.63, 3.8) is 0 Å². The normalized spacial score (nSPS) is 12.6. The van der Waals surface area contributed by atoms with E-state index >= 15 is 0 Å². The fourth-order valence-corrected chi connectivity index (χ4v) is 2.53. The highest BCUT2D eigenvalue weighted by Crippen LogP contribution is 2.29. The third kappa shape index (κ3) is 5.21. The Bertz CT molecular complexity index is 668.